The fourth-order valence-electron chi connectivity index (χ4n) is 2.04. The Kier molecular flexibility index (Phi) is 4.92. The summed E-state index contributed by atoms with van der Waals surface area (Å²) >= 11 is 4.65. The second-order valence-electron chi connectivity index (χ2n) is 4.90. The highest BCUT2D eigenvalue weighted by molar-refractivity contribution is 9.10. The number of rotatable bonds is 3. The number of fused-ring (bicyclic) bond motifs is 1. The molecule has 122 valence electrons. The molecule has 4 nitrogen and oxygen atoms in total. The normalized spacial score (nSPS) is 10.6. The van der Waals surface area contributed by atoms with Gasteiger partial charge in [-0.1, -0.05) is 41.7 Å². The lowest BCUT2D eigenvalue weighted by molar-refractivity contribution is -0.148. The second-order valence-corrected chi connectivity index (χ2v) is 6.71. The Morgan fingerprint density at radius 3 is 2.54 bits per heavy atom. The third-order valence-corrected chi connectivity index (χ3v) is 5.34. The molecule has 0 unspecified atom stereocenters. The molecule has 3 rings (SSSR count). The minimum absolute atomic E-state index is 0.113. The maximum absolute atomic E-state index is 12.8. The smallest absolute Gasteiger partial charge is 0.403 e. The highest BCUT2D eigenvalue weighted by Gasteiger charge is 2.20. The van der Waals surface area contributed by atoms with Gasteiger partial charge in [0.25, 0.3) is 0 Å². The molecule has 2 aromatic carbocycles. The zero-order chi connectivity index (χ0) is 17.1. The Morgan fingerprint density at radius 2 is 1.83 bits per heavy atom. The molecule has 7 heteroatoms. The molecular formula is C17H11BrFNO3S. The average Bonchev–Trinajstić information content (AvgIpc) is 2.90. The van der Waals surface area contributed by atoms with E-state index >= 15 is 0 Å². The average molecular weight is 408 g/mol. The second kappa shape index (κ2) is 7.11. The fourth-order valence-corrected chi connectivity index (χ4v) is 3.79. The predicted molar refractivity (Wildman–Crippen MR) is 93.4 cm³/mol. The number of amides is 1. The van der Waals surface area contributed by atoms with E-state index in [9.17, 15) is 14.0 Å². The summed E-state index contributed by atoms with van der Waals surface area (Å²) in [4.78, 5) is 23.8. The molecule has 0 radical (unpaired) electrons. The van der Waals surface area contributed by atoms with E-state index in [2.05, 4.69) is 21.2 Å². The Hall–Kier alpha value is -2.25. The van der Waals surface area contributed by atoms with Gasteiger partial charge in [0.15, 0.2) is 5.06 Å². The van der Waals surface area contributed by atoms with Crippen LogP contribution in [-0.2, 0) is 16.1 Å². The first-order chi connectivity index (χ1) is 11.5. The molecule has 24 heavy (non-hydrogen) atoms. The summed E-state index contributed by atoms with van der Waals surface area (Å²) in [5.74, 6) is -2.22. The summed E-state index contributed by atoms with van der Waals surface area (Å²) in [6, 6.07) is 13.2. The third-order valence-electron chi connectivity index (χ3n) is 3.24. The molecule has 0 saturated heterocycles. The van der Waals surface area contributed by atoms with Crippen LogP contribution < -0.4 is 10.1 Å². The van der Waals surface area contributed by atoms with Crippen LogP contribution in [0.5, 0.6) is 5.06 Å². The molecule has 1 amide bonds. The number of benzene rings is 2. The lowest BCUT2D eigenvalue weighted by Gasteiger charge is -2.05. The summed E-state index contributed by atoms with van der Waals surface area (Å²) in [5, 5.41) is 3.69. The number of carbonyl (C=O) groups is 2. The summed E-state index contributed by atoms with van der Waals surface area (Å²) in [6.07, 6.45) is 0. The van der Waals surface area contributed by atoms with Crippen LogP contribution in [0.15, 0.2) is 53.0 Å². The van der Waals surface area contributed by atoms with E-state index in [1.165, 1.54) is 35.6 Å². The largest absolute Gasteiger partial charge is 0.407 e. The lowest BCUT2D eigenvalue weighted by Crippen LogP contribution is -2.33. The molecule has 0 bridgehead atoms. The van der Waals surface area contributed by atoms with Crippen LogP contribution in [0.1, 0.15) is 5.56 Å². The van der Waals surface area contributed by atoms with Gasteiger partial charge in [-0.15, -0.1) is 0 Å². The standard InChI is InChI=1S/C17H11BrFNO3S/c18-14-12-3-1-2-4-13(12)24-17(14)23-16(22)15(21)20-9-10-5-7-11(19)8-6-10/h1-8H,9H2,(H,20,21). The van der Waals surface area contributed by atoms with Crippen molar-refractivity contribution in [3.05, 3.63) is 64.4 Å². The molecular weight excluding hydrogens is 397 g/mol. The number of nitrogens with one attached hydrogen (secondary N) is 1. The van der Waals surface area contributed by atoms with Gasteiger partial charge in [-0.05, 0) is 39.7 Å². The first-order valence-corrected chi connectivity index (χ1v) is 8.57. The van der Waals surface area contributed by atoms with Crippen molar-refractivity contribution < 1.29 is 18.7 Å². The number of ether oxygens (including phenoxy) is 1. The lowest BCUT2D eigenvalue weighted by atomic mass is 10.2. The van der Waals surface area contributed by atoms with Gasteiger partial charge in [0, 0.05) is 16.6 Å². The molecule has 1 N–H and O–H groups in total. The van der Waals surface area contributed by atoms with E-state index in [-0.39, 0.29) is 12.4 Å². The molecule has 0 saturated carbocycles. The molecule has 1 aromatic heterocycles. The van der Waals surface area contributed by atoms with Gasteiger partial charge < -0.3 is 10.1 Å². The van der Waals surface area contributed by atoms with E-state index in [4.69, 9.17) is 4.74 Å². The Morgan fingerprint density at radius 1 is 1.12 bits per heavy atom. The first kappa shape index (κ1) is 16.6. The van der Waals surface area contributed by atoms with Crippen molar-refractivity contribution in [3.63, 3.8) is 0 Å². The molecule has 3 aromatic rings. The molecule has 0 fully saturated rings. The zero-order valence-corrected chi connectivity index (χ0v) is 14.6. The number of carbonyl (C=O) groups excluding carboxylic acids is 2. The van der Waals surface area contributed by atoms with Crippen LogP contribution in [0.4, 0.5) is 4.39 Å². The van der Waals surface area contributed by atoms with Gasteiger partial charge in [0.1, 0.15) is 5.82 Å². The van der Waals surface area contributed by atoms with Crippen molar-refractivity contribution in [2.75, 3.05) is 0 Å². The maximum Gasteiger partial charge on any atom is 0.403 e. The van der Waals surface area contributed by atoms with Crippen molar-refractivity contribution in [3.8, 4) is 5.06 Å². The van der Waals surface area contributed by atoms with Crippen LogP contribution >= 0.6 is 27.3 Å². The summed E-state index contributed by atoms with van der Waals surface area (Å²) in [6.45, 7) is 0.113. The predicted octanol–water partition coefficient (Wildman–Crippen LogP) is 4.02. The number of hydrogen-bond donors (Lipinski definition) is 1. The molecule has 0 aliphatic heterocycles. The zero-order valence-electron chi connectivity index (χ0n) is 12.2. The molecule has 0 aliphatic rings. The molecule has 1 heterocycles. The summed E-state index contributed by atoms with van der Waals surface area (Å²) < 4.78 is 19.6. The summed E-state index contributed by atoms with van der Waals surface area (Å²) in [7, 11) is 0. The minimum Gasteiger partial charge on any atom is -0.407 e. The van der Waals surface area contributed by atoms with Crippen molar-refractivity contribution in [1.82, 2.24) is 5.32 Å². The van der Waals surface area contributed by atoms with Gasteiger partial charge in [0.05, 0.1) is 4.47 Å². The SMILES string of the molecule is O=C(NCc1ccc(F)cc1)C(=O)Oc1sc2ccccc2c1Br. The number of halogens is 2. The number of hydrogen-bond acceptors (Lipinski definition) is 4. The van der Waals surface area contributed by atoms with Crippen LogP contribution in [0.2, 0.25) is 0 Å². The highest BCUT2D eigenvalue weighted by Crippen LogP contribution is 2.41. The Bertz CT molecular complexity index is 908. The van der Waals surface area contributed by atoms with Crippen molar-refractivity contribution in [2.45, 2.75) is 6.54 Å². The maximum atomic E-state index is 12.8. The van der Waals surface area contributed by atoms with Gasteiger partial charge in [0.2, 0.25) is 0 Å². The van der Waals surface area contributed by atoms with Crippen molar-refractivity contribution >= 4 is 49.2 Å². The third kappa shape index (κ3) is 3.63. The monoisotopic (exact) mass is 407 g/mol. The topological polar surface area (TPSA) is 55.4 Å². The Balaban J connectivity index is 1.64. The highest BCUT2D eigenvalue weighted by atomic mass is 79.9. The van der Waals surface area contributed by atoms with Gasteiger partial charge in [-0.2, -0.15) is 0 Å². The van der Waals surface area contributed by atoms with E-state index in [0.29, 0.717) is 15.1 Å². The van der Waals surface area contributed by atoms with Crippen LogP contribution in [-0.4, -0.2) is 11.9 Å². The van der Waals surface area contributed by atoms with Gasteiger partial charge in [-0.3, -0.25) is 4.79 Å². The Labute approximate surface area is 149 Å². The van der Waals surface area contributed by atoms with E-state index in [1.54, 1.807) is 0 Å². The van der Waals surface area contributed by atoms with Crippen molar-refractivity contribution in [2.24, 2.45) is 0 Å². The van der Waals surface area contributed by atoms with Gasteiger partial charge in [-0.25, -0.2) is 9.18 Å². The fraction of sp³-hybridized carbons (Fsp3) is 0.0588. The van der Waals surface area contributed by atoms with E-state index in [1.807, 2.05) is 24.3 Å². The minimum atomic E-state index is -0.996. The number of esters is 1. The van der Waals surface area contributed by atoms with E-state index in [0.717, 1.165) is 10.1 Å². The van der Waals surface area contributed by atoms with E-state index < -0.39 is 11.9 Å². The van der Waals surface area contributed by atoms with Crippen LogP contribution in [0.25, 0.3) is 10.1 Å². The van der Waals surface area contributed by atoms with Gasteiger partial charge >= 0.3 is 11.9 Å². The van der Waals surface area contributed by atoms with Crippen LogP contribution in [0.3, 0.4) is 0 Å². The molecule has 0 atom stereocenters. The summed E-state index contributed by atoms with van der Waals surface area (Å²) in [5.41, 5.74) is 0.681. The van der Waals surface area contributed by atoms with Crippen LogP contribution in [0, 0.1) is 5.82 Å². The quantitative estimate of drug-likeness (QED) is 0.526. The first-order valence-electron chi connectivity index (χ1n) is 6.96. The number of thiophene rings is 1. The van der Waals surface area contributed by atoms with Crippen molar-refractivity contribution in [1.29, 1.82) is 0 Å². The molecule has 0 spiro atoms. The molecule has 0 aliphatic carbocycles.